The number of carbonyl (C=O) groups excluding carboxylic acids is 1. The maximum atomic E-state index is 12.3. The maximum Gasteiger partial charge on any atom is 0.250 e. The zero-order chi connectivity index (χ0) is 16.9. The molecule has 0 radical (unpaired) electrons. The molecule has 2 N–H and O–H groups in total. The van der Waals surface area contributed by atoms with Crippen LogP contribution in [0.3, 0.4) is 0 Å². The summed E-state index contributed by atoms with van der Waals surface area (Å²) in [6.45, 7) is 8.61. The predicted octanol–water partition coefficient (Wildman–Crippen LogP) is 1.41. The molecule has 5 heteroatoms. The lowest BCUT2D eigenvalue weighted by atomic mass is 9.92. The molecule has 0 spiro atoms. The van der Waals surface area contributed by atoms with Crippen LogP contribution in [0.2, 0.25) is 0 Å². The Labute approximate surface area is 138 Å². The molecular formula is C18H28N2O3. The van der Waals surface area contributed by atoms with Crippen molar-refractivity contribution < 1.29 is 14.6 Å². The van der Waals surface area contributed by atoms with Gasteiger partial charge in [-0.15, -0.1) is 0 Å². The highest BCUT2D eigenvalue weighted by atomic mass is 16.5. The molecule has 0 bridgehead atoms. The van der Waals surface area contributed by atoms with E-state index >= 15 is 0 Å². The summed E-state index contributed by atoms with van der Waals surface area (Å²) in [5.41, 5.74) is 0.324. The number of carbonyl (C=O) groups is 1. The fourth-order valence-electron chi connectivity index (χ4n) is 2.43. The van der Waals surface area contributed by atoms with Crippen LogP contribution in [0.25, 0.3) is 0 Å². The second-order valence-electron chi connectivity index (χ2n) is 6.81. The van der Waals surface area contributed by atoms with Crippen LogP contribution in [0.5, 0.6) is 0 Å². The molecule has 1 heterocycles. The Kier molecular flexibility index (Phi) is 6.16. The van der Waals surface area contributed by atoms with Gasteiger partial charge in [-0.3, -0.25) is 9.69 Å². The molecule has 5 nitrogen and oxygen atoms in total. The molecular weight excluding hydrogens is 292 g/mol. The monoisotopic (exact) mass is 320 g/mol. The van der Waals surface area contributed by atoms with Gasteiger partial charge in [-0.2, -0.15) is 0 Å². The van der Waals surface area contributed by atoms with Crippen LogP contribution in [0.1, 0.15) is 26.3 Å². The fraction of sp³-hybridized carbons (Fsp3) is 0.611. The van der Waals surface area contributed by atoms with Crippen LogP contribution in [-0.4, -0.2) is 53.9 Å². The first-order chi connectivity index (χ1) is 10.9. The number of benzene rings is 1. The van der Waals surface area contributed by atoms with Crippen molar-refractivity contribution in [1.82, 2.24) is 10.2 Å². The quantitative estimate of drug-likeness (QED) is 0.832. The van der Waals surface area contributed by atoms with Gasteiger partial charge in [0.25, 0.3) is 5.91 Å². The summed E-state index contributed by atoms with van der Waals surface area (Å²) in [5, 5.41) is 13.0. The second kappa shape index (κ2) is 7.90. The van der Waals surface area contributed by atoms with Gasteiger partial charge in [-0.05, 0) is 18.4 Å². The highest BCUT2D eigenvalue weighted by Gasteiger charge is 2.30. The van der Waals surface area contributed by atoms with E-state index < -0.39 is 11.7 Å². The van der Waals surface area contributed by atoms with Crippen LogP contribution in [0.4, 0.5) is 0 Å². The van der Waals surface area contributed by atoms with Crippen molar-refractivity contribution in [2.45, 2.75) is 39.0 Å². The number of amides is 1. The Bertz CT molecular complexity index is 502. The van der Waals surface area contributed by atoms with Gasteiger partial charge in [0.2, 0.25) is 0 Å². The molecule has 1 aliphatic rings. The SMILES string of the molecule is CC(C)C(C)(O)CNC(=O)C1CN(Cc2ccccc2)CCO1. The molecule has 2 unspecified atom stereocenters. The zero-order valence-electron chi connectivity index (χ0n) is 14.3. The molecule has 1 fully saturated rings. The molecule has 0 aliphatic carbocycles. The zero-order valence-corrected chi connectivity index (χ0v) is 14.3. The summed E-state index contributed by atoms with van der Waals surface area (Å²) >= 11 is 0. The van der Waals surface area contributed by atoms with E-state index in [0.29, 0.717) is 13.2 Å². The Morgan fingerprint density at radius 1 is 1.43 bits per heavy atom. The average Bonchev–Trinajstić information content (AvgIpc) is 2.54. The minimum absolute atomic E-state index is 0.0738. The van der Waals surface area contributed by atoms with Gasteiger partial charge in [0.05, 0.1) is 12.2 Å². The maximum absolute atomic E-state index is 12.3. The molecule has 2 atom stereocenters. The Hall–Kier alpha value is -1.43. The minimum atomic E-state index is -0.909. The Balaban J connectivity index is 1.84. The van der Waals surface area contributed by atoms with E-state index in [4.69, 9.17) is 4.74 Å². The molecule has 128 valence electrons. The largest absolute Gasteiger partial charge is 0.388 e. The number of ether oxygens (including phenoxy) is 1. The fourth-order valence-corrected chi connectivity index (χ4v) is 2.43. The third-order valence-corrected chi connectivity index (χ3v) is 4.56. The Morgan fingerprint density at radius 2 is 2.13 bits per heavy atom. The smallest absolute Gasteiger partial charge is 0.250 e. The number of rotatable bonds is 6. The molecule has 1 amide bonds. The van der Waals surface area contributed by atoms with Crippen molar-refractivity contribution in [2.24, 2.45) is 5.92 Å². The summed E-state index contributed by atoms with van der Waals surface area (Å²) in [6.07, 6.45) is -0.476. The van der Waals surface area contributed by atoms with Gasteiger partial charge >= 0.3 is 0 Å². The Morgan fingerprint density at radius 3 is 2.78 bits per heavy atom. The first-order valence-electron chi connectivity index (χ1n) is 8.26. The van der Waals surface area contributed by atoms with Gasteiger partial charge in [-0.25, -0.2) is 0 Å². The number of hydrogen-bond acceptors (Lipinski definition) is 4. The van der Waals surface area contributed by atoms with Crippen molar-refractivity contribution in [1.29, 1.82) is 0 Å². The highest BCUT2D eigenvalue weighted by molar-refractivity contribution is 5.81. The molecule has 23 heavy (non-hydrogen) atoms. The van der Waals surface area contributed by atoms with Gasteiger partial charge in [0, 0.05) is 26.2 Å². The van der Waals surface area contributed by atoms with E-state index in [-0.39, 0.29) is 18.4 Å². The van der Waals surface area contributed by atoms with Crippen molar-refractivity contribution >= 4 is 5.91 Å². The van der Waals surface area contributed by atoms with E-state index in [1.54, 1.807) is 6.92 Å². The van der Waals surface area contributed by atoms with Gasteiger partial charge in [-0.1, -0.05) is 44.2 Å². The van der Waals surface area contributed by atoms with E-state index in [2.05, 4.69) is 22.3 Å². The number of morpholine rings is 1. The average molecular weight is 320 g/mol. The summed E-state index contributed by atoms with van der Waals surface area (Å²) in [7, 11) is 0. The van der Waals surface area contributed by atoms with Crippen LogP contribution >= 0.6 is 0 Å². The van der Waals surface area contributed by atoms with E-state index in [0.717, 1.165) is 13.1 Å². The van der Waals surface area contributed by atoms with E-state index in [1.165, 1.54) is 5.56 Å². The molecule has 1 aromatic rings. The van der Waals surface area contributed by atoms with Crippen LogP contribution in [-0.2, 0) is 16.1 Å². The van der Waals surface area contributed by atoms with Crippen molar-refractivity contribution in [2.75, 3.05) is 26.2 Å². The van der Waals surface area contributed by atoms with Gasteiger partial charge < -0.3 is 15.2 Å². The van der Waals surface area contributed by atoms with Crippen LogP contribution < -0.4 is 5.32 Å². The number of hydrogen-bond donors (Lipinski definition) is 2. The number of nitrogens with zero attached hydrogens (tertiary/aromatic N) is 1. The van der Waals surface area contributed by atoms with E-state index in [1.807, 2.05) is 32.0 Å². The second-order valence-corrected chi connectivity index (χ2v) is 6.81. The summed E-state index contributed by atoms with van der Waals surface area (Å²) < 4.78 is 5.60. The first kappa shape index (κ1) is 17.9. The topological polar surface area (TPSA) is 61.8 Å². The van der Waals surface area contributed by atoms with Crippen molar-refractivity contribution in [3.05, 3.63) is 35.9 Å². The van der Waals surface area contributed by atoms with Gasteiger partial charge in [0.1, 0.15) is 6.10 Å². The number of aliphatic hydroxyl groups is 1. The molecule has 0 aromatic heterocycles. The van der Waals surface area contributed by atoms with Crippen LogP contribution in [0.15, 0.2) is 30.3 Å². The van der Waals surface area contributed by atoms with Crippen LogP contribution in [0, 0.1) is 5.92 Å². The summed E-state index contributed by atoms with van der Waals surface area (Å²) in [5.74, 6) is -0.0756. The lowest BCUT2D eigenvalue weighted by Gasteiger charge is -2.33. The van der Waals surface area contributed by atoms with Crippen molar-refractivity contribution in [3.63, 3.8) is 0 Å². The molecule has 1 aliphatic heterocycles. The molecule has 1 saturated heterocycles. The van der Waals surface area contributed by atoms with Crippen molar-refractivity contribution in [3.8, 4) is 0 Å². The molecule has 2 rings (SSSR count). The minimum Gasteiger partial charge on any atom is -0.388 e. The lowest BCUT2D eigenvalue weighted by Crippen LogP contribution is -2.52. The third kappa shape index (κ3) is 5.30. The highest BCUT2D eigenvalue weighted by Crippen LogP contribution is 2.15. The lowest BCUT2D eigenvalue weighted by molar-refractivity contribution is -0.140. The summed E-state index contributed by atoms with van der Waals surface area (Å²) in [4.78, 5) is 14.5. The molecule has 0 saturated carbocycles. The normalized spacial score (nSPS) is 21.9. The third-order valence-electron chi connectivity index (χ3n) is 4.56. The standard InChI is InChI=1S/C18H28N2O3/c1-14(2)18(3,22)13-19-17(21)16-12-20(9-10-23-16)11-15-7-5-4-6-8-15/h4-8,14,16,22H,9-13H2,1-3H3,(H,19,21). The number of nitrogens with one attached hydrogen (secondary N) is 1. The van der Waals surface area contributed by atoms with Gasteiger partial charge in [0.15, 0.2) is 0 Å². The predicted molar refractivity (Wildman–Crippen MR) is 89.9 cm³/mol. The first-order valence-corrected chi connectivity index (χ1v) is 8.26. The molecule has 1 aromatic carbocycles. The summed E-state index contributed by atoms with van der Waals surface area (Å²) in [6, 6.07) is 10.2. The van der Waals surface area contributed by atoms with E-state index in [9.17, 15) is 9.90 Å².